The van der Waals surface area contributed by atoms with E-state index in [0.29, 0.717) is 19.1 Å². The number of hydrogen-bond acceptors (Lipinski definition) is 6. The first-order valence-corrected chi connectivity index (χ1v) is 9.08. The molecule has 3 N–H and O–H groups in total. The van der Waals surface area contributed by atoms with Gasteiger partial charge in [-0.1, -0.05) is 11.6 Å². The van der Waals surface area contributed by atoms with Gasteiger partial charge in [-0.25, -0.2) is 9.97 Å². The highest BCUT2D eigenvalue weighted by molar-refractivity contribution is 6.32. The Morgan fingerprint density at radius 1 is 1.36 bits per heavy atom. The minimum absolute atomic E-state index is 0.277. The fourth-order valence-electron chi connectivity index (χ4n) is 4.05. The number of aliphatic hydroxyl groups excluding tert-OH is 1. The van der Waals surface area contributed by atoms with E-state index in [2.05, 4.69) is 21.8 Å². The Labute approximate surface area is 152 Å². The fraction of sp³-hybridized carbons (Fsp3) is 0.556. The quantitative estimate of drug-likeness (QED) is 0.852. The second-order valence-corrected chi connectivity index (χ2v) is 7.72. The van der Waals surface area contributed by atoms with Crippen molar-refractivity contribution in [3.05, 3.63) is 28.9 Å². The van der Waals surface area contributed by atoms with Crippen LogP contribution in [0.4, 0.5) is 5.95 Å². The second-order valence-electron chi connectivity index (χ2n) is 7.31. The molecule has 25 heavy (non-hydrogen) atoms. The van der Waals surface area contributed by atoms with Gasteiger partial charge in [0.15, 0.2) is 0 Å². The van der Waals surface area contributed by atoms with E-state index in [1.54, 1.807) is 6.20 Å². The normalized spacial score (nSPS) is 28.7. The van der Waals surface area contributed by atoms with Crippen LogP contribution in [0.5, 0.6) is 0 Å². The van der Waals surface area contributed by atoms with Crippen molar-refractivity contribution in [2.75, 3.05) is 32.0 Å². The number of nitrogen functional groups attached to an aromatic ring is 1. The number of piperidine rings is 1. The Balaban J connectivity index is 1.54. The maximum absolute atomic E-state index is 10.3. The van der Waals surface area contributed by atoms with Gasteiger partial charge in [-0.05, 0) is 56.5 Å². The van der Waals surface area contributed by atoms with Crippen LogP contribution in [-0.2, 0) is 4.74 Å². The molecule has 2 atom stereocenters. The molecule has 1 aromatic heterocycles. The lowest BCUT2D eigenvalue weighted by atomic mass is 9.85. The number of rotatable bonds is 2. The molecule has 0 spiro atoms. The van der Waals surface area contributed by atoms with Crippen molar-refractivity contribution in [3.8, 4) is 0 Å². The SMILES string of the molecule is C[C@@]1(N2CCC(c3cc4nc(N)ncc4cc3Cl)CC2)COCC1O. The van der Waals surface area contributed by atoms with E-state index in [1.165, 1.54) is 0 Å². The molecule has 2 aliphatic heterocycles. The molecule has 6 nitrogen and oxygen atoms in total. The molecule has 2 saturated heterocycles. The average molecular weight is 363 g/mol. The van der Waals surface area contributed by atoms with E-state index < -0.39 is 6.10 Å². The van der Waals surface area contributed by atoms with Gasteiger partial charge in [-0.2, -0.15) is 0 Å². The monoisotopic (exact) mass is 362 g/mol. The van der Waals surface area contributed by atoms with Crippen LogP contribution in [0.25, 0.3) is 10.9 Å². The van der Waals surface area contributed by atoms with E-state index in [0.717, 1.165) is 47.4 Å². The van der Waals surface area contributed by atoms with E-state index in [4.69, 9.17) is 22.1 Å². The molecular formula is C18H23ClN4O2. The number of hydrogen-bond donors (Lipinski definition) is 2. The summed E-state index contributed by atoms with van der Waals surface area (Å²) in [5.74, 6) is 0.658. The van der Waals surface area contributed by atoms with Gasteiger partial charge in [0, 0.05) is 16.6 Å². The predicted octanol–water partition coefficient (Wildman–Crippen LogP) is 2.19. The van der Waals surface area contributed by atoms with Crippen molar-refractivity contribution in [2.24, 2.45) is 0 Å². The number of nitrogens with zero attached hydrogens (tertiary/aromatic N) is 3. The lowest BCUT2D eigenvalue weighted by Gasteiger charge is -2.43. The number of fused-ring (bicyclic) bond motifs is 1. The van der Waals surface area contributed by atoms with E-state index in [-0.39, 0.29) is 11.5 Å². The van der Waals surface area contributed by atoms with Crippen molar-refractivity contribution >= 4 is 28.5 Å². The zero-order chi connectivity index (χ0) is 17.6. The van der Waals surface area contributed by atoms with Crippen LogP contribution in [0.1, 0.15) is 31.2 Å². The average Bonchev–Trinajstić information content (AvgIpc) is 2.95. The van der Waals surface area contributed by atoms with Gasteiger partial charge in [0.05, 0.1) is 30.4 Å². The summed E-state index contributed by atoms with van der Waals surface area (Å²) in [6, 6.07) is 3.97. The first-order valence-electron chi connectivity index (χ1n) is 8.70. The summed E-state index contributed by atoms with van der Waals surface area (Å²) in [7, 11) is 0. The van der Waals surface area contributed by atoms with Gasteiger partial charge < -0.3 is 15.6 Å². The van der Waals surface area contributed by atoms with Gasteiger partial charge in [-0.3, -0.25) is 4.90 Å². The van der Waals surface area contributed by atoms with Gasteiger partial charge >= 0.3 is 0 Å². The summed E-state index contributed by atoms with van der Waals surface area (Å²) < 4.78 is 5.48. The van der Waals surface area contributed by atoms with Crippen molar-refractivity contribution in [2.45, 2.75) is 37.3 Å². The minimum atomic E-state index is -0.423. The Morgan fingerprint density at radius 2 is 2.12 bits per heavy atom. The fourth-order valence-corrected chi connectivity index (χ4v) is 4.38. The smallest absolute Gasteiger partial charge is 0.220 e. The van der Waals surface area contributed by atoms with Crippen LogP contribution in [-0.4, -0.2) is 57.9 Å². The number of ether oxygens (including phenoxy) is 1. The molecule has 2 aromatic rings. The van der Waals surface area contributed by atoms with Gasteiger partial charge in [0.2, 0.25) is 5.95 Å². The van der Waals surface area contributed by atoms with Crippen LogP contribution in [0.3, 0.4) is 0 Å². The maximum atomic E-state index is 10.3. The molecule has 1 aromatic carbocycles. The summed E-state index contributed by atoms with van der Waals surface area (Å²) in [6.45, 7) is 4.94. The van der Waals surface area contributed by atoms with Crippen LogP contribution in [0, 0.1) is 0 Å². The zero-order valence-corrected chi connectivity index (χ0v) is 15.0. The molecule has 1 unspecified atom stereocenters. The topological polar surface area (TPSA) is 84.5 Å². The summed E-state index contributed by atoms with van der Waals surface area (Å²) in [5, 5.41) is 11.9. The molecule has 0 saturated carbocycles. The largest absolute Gasteiger partial charge is 0.389 e. The molecule has 7 heteroatoms. The Hall–Kier alpha value is -1.47. The standard InChI is InChI=1S/C18H23ClN4O2/c1-18(10-25-9-16(18)24)23-4-2-11(3-5-23)13-7-15-12(6-14(13)19)8-21-17(20)22-15/h6-8,11,16,24H,2-5,9-10H2,1H3,(H2,20,21,22)/t16?,18-/m1/s1. The van der Waals surface area contributed by atoms with E-state index in [9.17, 15) is 5.11 Å². The molecule has 4 rings (SSSR count). The van der Waals surface area contributed by atoms with E-state index >= 15 is 0 Å². The van der Waals surface area contributed by atoms with Gasteiger partial charge in [0.25, 0.3) is 0 Å². The molecule has 0 amide bonds. The lowest BCUT2D eigenvalue weighted by Crippen LogP contribution is -2.56. The molecule has 2 aliphatic rings. The van der Waals surface area contributed by atoms with Crippen LogP contribution >= 0.6 is 11.6 Å². The third-order valence-electron chi connectivity index (χ3n) is 5.76. The van der Waals surface area contributed by atoms with Crippen LogP contribution in [0.2, 0.25) is 5.02 Å². The Kier molecular flexibility index (Phi) is 4.32. The first-order chi connectivity index (χ1) is 12.0. The number of aromatic nitrogens is 2. The highest BCUT2D eigenvalue weighted by Crippen LogP contribution is 2.38. The van der Waals surface area contributed by atoms with Gasteiger partial charge in [0.1, 0.15) is 0 Å². The molecule has 0 aliphatic carbocycles. The van der Waals surface area contributed by atoms with Crippen LogP contribution < -0.4 is 5.73 Å². The van der Waals surface area contributed by atoms with Crippen molar-refractivity contribution < 1.29 is 9.84 Å². The number of likely N-dealkylation sites (tertiary alicyclic amines) is 1. The third kappa shape index (κ3) is 2.97. The highest BCUT2D eigenvalue weighted by Gasteiger charge is 2.44. The summed E-state index contributed by atoms with van der Waals surface area (Å²) >= 11 is 6.53. The summed E-state index contributed by atoms with van der Waals surface area (Å²) in [6.07, 6.45) is 3.27. The van der Waals surface area contributed by atoms with Crippen LogP contribution in [0.15, 0.2) is 18.3 Å². The molecule has 2 fully saturated rings. The number of nitrogens with two attached hydrogens (primary N) is 1. The number of anilines is 1. The highest BCUT2D eigenvalue weighted by atomic mass is 35.5. The lowest BCUT2D eigenvalue weighted by molar-refractivity contribution is -0.00211. The van der Waals surface area contributed by atoms with Crippen molar-refractivity contribution in [1.82, 2.24) is 14.9 Å². The molecule has 3 heterocycles. The van der Waals surface area contributed by atoms with E-state index in [1.807, 2.05) is 12.1 Å². The summed E-state index contributed by atoms with van der Waals surface area (Å²) in [5.41, 5.74) is 7.39. The molecule has 0 radical (unpaired) electrons. The van der Waals surface area contributed by atoms with Crippen molar-refractivity contribution in [3.63, 3.8) is 0 Å². The second kappa shape index (κ2) is 6.36. The van der Waals surface area contributed by atoms with Crippen molar-refractivity contribution in [1.29, 1.82) is 0 Å². The zero-order valence-electron chi connectivity index (χ0n) is 14.3. The Morgan fingerprint density at radius 3 is 2.80 bits per heavy atom. The molecular weight excluding hydrogens is 340 g/mol. The number of benzene rings is 1. The molecule has 134 valence electrons. The van der Waals surface area contributed by atoms with Gasteiger partial charge in [-0.15, -0.1) is 0 Å². The number of aliphatic hydroxyl groups is 1. The summed E-state index contributed by atoms with van der Waals surface area (Å²) in [4.78, 5) is 10.7. The first kappa shape index (κ1) is 17.0. The third-order valence-corrected chi connectivity index (χ3v) is 6.09. The minimum Gasteiger partial charge on any atom is -0.389 e. The Bertz CT molecular complexity index is 794. The maximum Gasteiger partial charge on any atom is 0.220 e. The predicted molar refractivity (Wildman–Crippen MR) is 97.7 cm³/mol. The molecule has 0 bridgehead atoms. The number of halogens is 1.